The number of hydrogen-bond donors (Lipinski definition) is 1. The Bertz CT molecular complexity index is 238. The van der Waals surface area contributed by atoms with Gasteiger partial charge >= 0.3 is 0 Å². The lowest BCUT2D eigenvalue weighted by Crippen LogP contribution is -2.52. The molecule has 0 aromatic rings. The van der Waals surface area contributed by atoms with Gasteiger partial charge in [0, 0.05) is 31.9 Å². The summed E-state index contributed by atoms with van der Waals surface area (Å²) in [5.41, 5.74) is 0. The molecule has 1 aliphatic heterocycles. The van der Waals surface area contributed by atoms with E-state index >= 15 is 0 Å². The number of hydrogen-bond acceptors (Lipinski definition) is 4. The van der Waals surface area contributed by atoms with E-state index in [-0.39, 0.29) is 11.8 Å². The highest BCUT2D eigenvalue weighted by Gasteiger charge is 2.22. The van der Waals surface area contributed by atoms with Crippen molar-refractivity contribution >= 4 is 9.84 Å². The van der Waals surface area contributed by atoms with E-state index in [0.29, 0.717) is 0 Å². The maximum atomic E-state index is 11.0. The van der Waals surface area contributed by atoms with Crippen LogP contribution in [0.25, 0.3) is 0 Å². The lowest BCUT2D eigenvalue weighted by Gasteiger charge is -2.32. The van der Waals surface area contributed by atoms with Crippen molar-refractivity contribution in [2.24, 2.45) is 0 Å². The zero-order valence-electron chi connectivity index (χ0n) is 7.58. The van der Waals surface area contributed by atoms with Gasteiger partial charge in [-0.2, -0.15) is 0 Å². The molecule has 0 amide bonds. The summed E-state index contributed by atoms with van der Waals surface area (Å²) in [5, 5.41) is 3.18. The van der Waals surface area contributed by atoms with Gasteiger partial charge in [0.1, 0.15) is 9.84 Å². The largest absolute Gasteiger partial charge is 0.314 e. The van der Waals surface area contributed by atoms with Crippen LogP contribution in [-0.4, -0.2) is 58.1 Å². The van der Waals surface area contributed by atoms with Gasteiger partial charge in [-0.1, -0.05) is 0 Å². The zero-order valence-corrected chi connectivity index (χ0v) is 8.39. The van der Waals surface area contributed by atoms with Crippen molar-refractivity contribution in [1.82, 2.24) is 10.2 Å². The zero-order chi connectivity index (χ0) is 9.19. The quantitative estimate of drug-likeness (QED) is 0.605. The van der Waals surface area contributed by atoms with Gasteiger partial charge in [-0.25, -0.2) is 8.42 Å². The molecule has 4 nitrogen and oxygen atoms in total. The fourth-order valence-electron chi connectivity index (χ4n) is 1.40. The minimum absolute atomic E-state index is 0.147. The molecule has 0 aromatic carbocycles. The first-order chi connectivity index (χ1) is 5.49. The highest BCUT2D eigenvalue weighted by molar-refractivity contribution is 7.90. The Hall–Kier alpha value is -0.130. The van der Waals surface area contributed by atoms with Gasteiger partial charge < -0.3 is 5.32 Å². The Kier molecular flexibility index (Phi) is 3.09. The molecular formula is C7H16N2O2S. The number of rotatable bonds is 2. The van der Waals surface area contributed by atoms with E-state index in [4.69, 9.17) is 0 Å². The summed E-state index contributed by atoms with van der Waals surface area (Å²) in [7, 11) is -0.869. The van der Waals surface area contributed by atoms with Gasteiger partial charge in [-0.3, -0.25) is 4.90 Å². The summed E-state index contributed by atoms with van der Waals surface area (Å²) in [4.78, 5) is 2.09. The molecule has 1 heterocycles. The van der Waals surface area contributed by atoms with Crippen LogP contribution in [0.4, 0.5) is 0 Å². The maximum absolute atomic E-state index is 11.0. The minimum Gasteiger partial charge on any atom is -0.314 e. The average molecular weight is 192 g/mol. The molecule has 5 heteroatoms. The van der Waals surface area contributed by atoms with Crippen LogP contribution in [0.5, 0.6) is 0 Å². The van der Waals surface area contributed by atoms with Gasteiger partial charge in [0.2, 0.25) is 0 Å². The van der Waals surface area contributed by atoms with E-state index in [0.717, 1.165) is 19.6 Å². The summed E-state index contributed by atoms with van der Waals surface area (Å²) < 4.78 is 22.0. The Balaban J connectivity index is 2.50. The Morgan fingerprint density at radius 2 is 2.25 bits per heavy atom. The van der Waals surface area contributed by atoms with Crippen LogP contribution in [0, 0.1) is 0 Å². The first kappa shape index (κ1) is 9.95. The molecule has 0 saturated carbocycles. The second-order valence-corrected chi connectivity index (χ2v) is 5.62. The molecule has 0 aromatic heterocycles. The summed E-state index contributed by atoms with van der Waals surface area (Å²) in [6.07, 6.45) is 1.29. The first-order valence-electron chi connectivity index (χ1n) is 4.08. The summed E-state index contributed by atoms with van der Waals surface area (Å²) in [6.45, 7) is 2.67. The van der Waals surface area contributed by atoms with E-state index < -0.39 is 9.84 Å². The molecule has 1 fully saturated rings. The van der Waals surface area contributed by atoms with Crippen LogP contribution in [0.2, 0.25) is 0 Å². The summed E-state index contributed by atoms with van der Waals surface area (Å²) in [5.74, 6) is 0.260. The van der Waals surface area contributed by atoms with Crippen molar-refractivity contribution < 1.29 is 8.42 Å². The molecular weight excluding hydrogens is 176 g/mol. The summed E-state index contributed by atoms with van der Waals surface area (Å²) in [6, 6.07) is 0.147. The van der Waals surface area contributed by atoms with Crippen LogP contribution in [0.3, 0.4) is 0 Å². The number of likely N-dealkylation sites (N-methyl/N-ethyl adjacent to an activating group) is 1. The van der Waals surface area contributed by atoms with E-state index in [1.807, 2.05) is 7.05 Å². The molecule has 72 valence electrons. The maximum Gasteiger partial charge on any atom is 0.149 e. The van der Waals surface area contributed by atoms with Gasteiger partial charge in [0.25, 0.3) is 0 Å². The van der Waals surface area contributed by atoms with Crippen molar-refractivity contribution in [3.05, 3.63) is 0 Å². The fourth-order valence-corrected chi connectivity index (χ4v) is 2.47. The van der Waals surface area contributed by atoms with Crippen molar-refractivity contribution in [3.63, 3.8) is 0 Å². The second-order valence-electron chi connectivity index (χ2n) is 3.43. The molecule has 1 rings (SSSR count). The van der Waals surface area contributed by atoms with Crippen LogP contribution in [-0.2, 0) is 9.84 Å². The molecule has 1 aliphatic rings. The van der Waals surface area contributed by atoms with E-state index in [1.54, 1.807) is 0 Å². The number of sulfone groups is 1. The smallest absolute Gasteiger partial charge is 0.149 e. The predicted molar refractivity (Wildman–Crippen MR) is 49.0 cm³/mol. The second kappa shape index (κ2) is 3.72. The van der Waals surface area contributed by atoms with Gasteiger partial charge in [0.05, 0.1) is 5.75 Å². The molecule has 1 saturated heterocycles. The third-order valence-corrected chi connectivity index (χ3v) is 3.13. The Morgan fingerprint density at radius 1 is 1.58 bits per heavy atom. The normalized spacial score (nSPS) is 27.3. The highest BCUT2D eigenvalue weighted by atomic mass is 32.2. The van der Waals surface area contributed by atoms with Gasteiger partial charge in [0.15, 0.2) is 0 Å². The average Bonchev–Trinajstić information content (AvgIpc) is 1.91. The molecule has 12 heavy (non-hydrogen) atoms. The van der Waals surface area contributed by atoms with E-state index in [1.165, 1.54) is 6.26 Å². The van der Waals surface area contributed by atoms with Gasteiger partial charge in [-0.15, -0.1) is 0 Å². The van der Waals surface area contributed by atoms with Crippen LogP contribution < -0.4 is 5.32 Å². The first-order valence-corrected chi connectivity index (χ1v) is 6.14. The Labute approximate surface area is 73.9 Å². The van der Waals surface area contributed by atoms with E-state index in [2.05, 4.69) is 10.2 Å². The third kappa shape index (κ3) is 3.08. The van der Waals surface area contributed by atoms with E-state index in [9.17, 15) is 8.42 Å². The number of piperazine rings is 1. The Morgan fingerprint density at radius 3 is 2.75 bits per heavy atom. The number of nitrogens with zero attached hydrogens (tertiary/aromatic N) is 1. The lowest BCUT2D eigenvalue weighted by molar-refractivity contribution is 0.217. The van der Waals surface area contributed by atoms with Crippen molar-refractivity contribution in [2.75, 3.05) is 38.7 Å². The fraction of sp³-hybridized carbons (Fsp3) is 1.00. The standard InChI is InChI=1S/C7H16N2O2S/c1-9-4-3-8-5-7(9)6-12(2,10)11/h7-8H,3-6H2,1-2H3/t7-/m1/s1. The summed E-state index contributed by atoms with van der Waals surface area (Å²) >= 11 is 0. The molecule has 0 bridgehead atoms. The molecule has 0 spiro atoms. The van der Waals surface area contributed by atoms with Crippen LogP contribution in [0.15, 0.2) is 0 Å². The van der Waals surface area contributed by atoms with Crippen LogP contribution >= 0.6 is 0 Å². The monoisotopic (exact) mass is 192 g/mol. The van der Waals surface area contributed by atoms with Gasteiger partial charge in [-0.05, 0) is 7.05 Å². The predicted octanol–water partition coefficient (Wildman–Crippen LogP) is -1.07. The molecule has 1 N–H and O–H groups in total. The molecule has 1 atom stereocenters. The van der Waals surface area contributed by atoms with Crippen molar-refractivity contribution in [2.45, 2.75) is 6.04 Å². The molecule has 0 unspecified atom stereocenters. The van der Waals surface area contributed by atoms with Crippen LogP contribution in [0.1, 0.15) is 0 Å². The SMILES string of the molecule is CN1CCNC[C@@H]1CS(C)(=O)=O. The van der Waals surface area contributed by atoms with Crippen molar-refractivity contribution in [1.29, 1.82) is 0 Å². The third-order valence-electron chi connectivity index (χ3n) is 2.14. The molecule has 0 radical (unpaired) electrons. The molecule has 0 aliphatic carbocycles. The lowest BCUT2D eigenvalue weighted by atomic mass is 10.2. The minimum atomic E-state index is -2.84. The topological polar surface area (TPSA) is 49.4 Å². The van der Waals surface area contributed by atoms with Crippen molar-refractivity contribution in [3.8, 4) is 0 Å². The number of nitrogens with one attached hydrogen (secondary N) is 1. The highest BCUT2D eigenvalue weighted by Crippen LogP contribution is 2.02.